The van der Waals surface area contributed by atoms with Crippen LogP contribution in [0.5, 0.6) is 5.75 Å². The fourth-order valence-electron chi connectivity index (χ4n) is 2.12. The Morgan fingerprint density at radius 2 is 1.90 bits per heavy atom. The number of hydrogen-bond donors (Lipinski definition) is 1. The highest BCUT2D eigenvalue weighted by Crippen LogP contribution is 2.30. The van der Waals surface area contributed by atoms with Gasteiger partial charge in [-0.15, -0.1) is 0 Å². The van der Waals surface area contributed by atoms with Gasteiger partial charge in [-0.1, -0.05) is 12.1 Å². The Kier molecular flexibility index (Phi) is 4.25. The number of anilines is 1. The molecule has 3 nitrogen and oxygen atoms in total. The lowest BCUT2D eigenvalue weighted by Gasteiger charge is -2.19. The van der Waals surface area contributed by atoms with E-state index in [0.29, 0.717) is 11.3 Å². The van der Waals surface area contributed by atoms with Gasteiger partial charge in [0.05, 0.1) is 13.2 Å². The molecule has 0 radical (unpaired) electrons. The van der Waals surface area contributed by atoms with Gasteiger partial charge >= 0.3 is 0 Å². The Morgan fingerprint density at radius 1 is 1.15 bits per heavy atom. The van der Waals surface area contributed by atoms with E-state index >= 15 is 0 Å². The summed E-state index contributed by atoms with van der Waals surface area (Å²) in [6.07, 6.45) is 0. The van der Waals surface area contributed by atoms with E-state index in [-0.39, 0.29) is 5.82 Å². The molecule has 4 heteroatoms. The Morgan fingerprint density at radius 3 is 2.55 bits per heavy atom. The second kappa shape index (κ2) is 5.92. The maximum Gasteiger partial charge on any atom is 0.124 e. The summed E-state index contributed by atoms with van der Waals surface area (Å²) < 4.78 is 18.7. The molecule has 0 aliphatic heterocycles. The molecular formula is C16H19FN2O. The third-order valence-electron chi connectivity index (χ3n) is 3.27. The van der Waals surface area contributed by atoms with Crippen molar-refractivity contribution in [3.63, 3.8) is 0 Å². The van der Waals surface area contributed by atoms with E-state index in [1.54, 1.807) is 13.2 Å². The SMILES string of the molecule is COc1ccc(F)cc1C(N)c1cccc(N(C)C)c1. The first-order valence-corrected chi connectivity index (χ1v) is 6.39. The maximum atomic E-state index is 13.4. The third kappa shape index (κ3) is 2.91. The van der Waals surface area contributed by atoms with E-state index in [9.17, 15) is 4.39 Å². The van der Waals surface area contributed by atoms with Crippen molar-refractivity contribution < 1.29 is 9.13 Å². The second-order valence-electron chi connectivity index (χ2n) is 4.85. The van der Waals surface area contributed by atoms with E-state index in [1.165, 1.54) is 12.1 Å². The first-order valence-electron chi connectivity index (χ1n) is 6.39. The third-order valence-corrected chi connectivity index (χ3v) is 3.27. The highest BCUT2D eigenvalue weighted by molar-refractivity contribution is 5.50. The topological polar surface area (TPSA) is 38.5 Å². The van der Waals surface area contributed by atoms with Crippen LogP contribution < -0.4 is 15.4 Å². The van der Waals surface area contributed by atoms with Crippen LogP contribution >= 0.6 is 0 Å². The number of hydrogen-bond acceptors (Lipinski definition) is 3. The van der Waals surface area contributed by atoms with Gasteiger partial charge in [-0.05, 0) is 35.9 Å². The lowest BCUT2D eigenvalue weighted by atomic mass is 9.98. The largest absolute Gasteiger partial charge is 0.496 e. The minimum atomic E-state index is -0.430. The molecular weight excluding hydrogens is 255 g/mol. The quantitative estimate of drug-likeness (QED) is 0.931. The zero-order chi connectivity index (χ0) is 14.7. The van der Waals surface area contributed by atoms with Crippen molar-refractivity contribution in [3.05, 3.63) is 59.4 Å². The van der Waals surface area contributed by atoms with E-state index in [4.69, 9.17) is 10.5 Å². The summed E-state index contributed by atoms with van der Waals surface area (Å²) in [5.41, 5.74) is 8.87. The lowest BCUT2D eigenvalue weighted by Crippen LogP contribution is -2.15. The molecule has 0 spiro atoms. The smallest absolute Gasteiger partial charge is 0.124 e. The average Bonchev–Trinajstić information content (AvgIpc) is 2.46. The summed E-state index contributed by atoms with van der Waals surface area (Å²) in [7, 11) is 5.49. The van der Waals surface area contributed by atoms with Gasteiger partial charge in [0.2, 0.25) is 0 Å². The summed E-state index contributed by atoms with van der Waals surface area (Å²) >= 11 is 0. The van der Waals surface area contributed by atoms with Crippen molar-refractivity contribution in [1.29, 1.82) is 0 Å². The monoisotopic (exact) mass is 274 g/mol. The molecule has 2 rings (SSSR count). The van der Waals surface area contributed by atoms with E-state index in [1.807, 2.05) is 43.3 Å². The number of methoxy groups -OCH3 is 1. The van der Waals surface area contributed by atoms with Crippen molar-refractivity contribution in [2.45, 2.75) is 6.04 Å². The van der Waals surface area contributed by atoms with Gasteiger partial charge in [0.1, 0.15) is 11.6 Å². The van der Waals surface area contributed by atoms with Crippen molar-refractivity contribution in [1.82, 2.24) is 0 Å². The molecule has 0 fully saturated rings. The zero-order valence-electron chi connectivity index (χ0n) is 11.9. The van der Waals surface area contributed by atoms with Crippen molar-refractivity contribution in [3.8, 4) is 5.75 Å². The molecule has 0 aliphatic carbocycles. The predicted octanol–water partition coefficient (Wildman–Crippen LogP) is 2.95. The average molecular weight is 274 g/mol. The molecule has 0 saturated carbocycles. The number of rotatable bonds is 4. The molecule has 0 heterocycles. The number of nitrogens with two attached hydrogens (primary N) is 1. The fourth-order valence-corrected chi connectivity index (χ4v) is 2.12. The summed E-state index contributed by atoms with van der Waals surface area (Å²) in [6.45, 7) is 0. The molecule has 2 aromatic rings. The summed E-state index contributed by atoms with van der Waals surface area (Å²) in [5, 5.41) is 0. The maximum absolute atomic E-state index is 13.4. The van der Waals surface area contributed by atoms with Crippen LogP contribution in [0.15, 0.2) is 42.5 Å². The molecule has 0 bridgehead atoms. The van der Waals surface area contributed by atoms with Gasteiger partial charge in [-0.2, -0.15) is 0 Å². The highest BCUT2D eigenvalue weighted by Gasteiger charge is 2.15. The Hall–Kier alpha value is -2.07. The number of benzene rings is 2. The van der Waals surface area contributed by atoms with Crippen LogP contribution in [0.2, 0.25) is 0 Å². The normalized spacial score (nSPS) is 12.1. The lowest BCUT2D eigenvalue weighted by molar-refractivity contribution is 0.406. The van der Waals surface area contributed by atoms with Gasteiger partial charge < -0.3 is 15.4 Å². The second-order valence-corrected chi connectivity index (χ2v) is 4.85. The molecule has 106 valence electrons. The van der Waals surface area contributed by atoms with Crippen LogP contribution in [0.4, 0.5) is 10.1 Å². The van der Waals surface area contributed by atoms with Crippen LogP contribution in [0.1, 0.15) is 17.2 Å². The van der Waals surface area contributed by atoms with Gasteiger partial charge in [0.25, 0.3) is 0 Å². The molecule has 20 heavy (non-hydrogen) atoms. The molecule has 0 amide bonds. The number of nitrogens with zero attached hydrogens (tertiary/aromatic N) is 1. The summed E-state index contributed by atoms with van der Waals surface area (Å²) in [4.78, 5) is 2.00. The minimum Gasteiger partial charge on any atom is -0.496 e. The zero-order valence-corrected chi connectivity index (χ0v) is 11.9. The molecule has 2 N–H and O–H groups in total. The molecule has 0 saturated heterocycles. The highest BCUT2D eigenvalue weighted by atomic mass is 19.1. The molecule has 0 aromatic heterocycles. The predicted molar refractivity (Wildman–Crippen MR) is 79.8 cm³/mol. The van der Waals surface area contributed by atoms with E-state index < -0.39 is 6.04 Å². The molecule has 2 aromatic carbocycles. The molecule has 1 atom stereocenters. The van der Waals surface area contributed by atoms with Crippen molar-refractivity contribution in [2.24, 2.45) is 5.73 Å². The Bertz CT molecular complexity index is 599. The standard InChI is InChI=1S/C16H19FN2O/c1-19(2)13-6-4-5-11(9-13)16(18)14-10-12(17)7-8-15(14)20-3/h4-10,16H,18H2,1-3H3. The van der Waals surface area contributed by atoms with Crippen LogP contribution in [0.25, 0.3) is 0 Å². The van der Waals surface area contributed by atoms with Gasteiger partial charge in [0, 0.05) is 25.3 Å². The molecule has 1 unspecified atom stereocenters. The Balaban J connectivity index is 2.43. The van der Waals surface area contributed by atoms with E-state index in [2.05, 4.69) is 0 Å². The Labute approximate surface area is 118 Å². The minimum absolute atomic E-state index is 0.319. The first-order chi connectivity index (χ1) is 9.52. The van der Waals surface area contributed by atoms with Crippen molar-refractivity contribution >= 4 is 5.69 Å². The fraction of sp³-hybridized carbons (Fsp3) is 0.250. The number of ether oxygens (including phenoxy) is 1. The summed E-state index contributed by atoms with van der Waals surface area (Å²) in [5.74, 6) is 0.272. The summed E-state index contributed by atoms with van der Waals surface area (Å²) in [6, 6.07) is 11.8. The van der Waals surface area contributed by atoms with Gasteiger partial charge in [0.15, 0.2) is 0 Å². The van der Waals surface area contributed by atoms with Crippen LogP contribution in [-0.4, -0.2) is 21.2 Å². The van der Waals surface area contributed by atoms with Crippen LogP contribution in [0.3, 0.4) is 0 Å². The first kappa shape index (κ1) is 14.3. The van der Waals surface area contributed by atoms with E-state index in [0.717, 1.165) is 11.3 Å². The van der Waals surface area contributed by atoms with Gasteiger partial charge in [-0.25, -0.2) is 4.39 Å². The van der Waals surface area contributed by atoms with Crippen molar-refractivity contribution in [2.75, 3.05) is 26.1 Å². The number of halogens is 1. The molecule has 0 aliphatic rings. The van der Waals surface area contributed by atoms with Crippen LogP contribution in [-0.2, 0) is 0 Å². The van der Waals surface area contributed by atoms with Crippen LogP contribution in [0, 0.1) is 5.82 Å². The van der Waals surface area contributed by atoms with Gasteiger partial charge in [-0.3, -0.25) is 0 Å².